The number of aromatic nitrogens is 1. The summed E-state index contributed by atoms with van der Waals surface area (Å²) in [5.41, 5.74) is 2.55. The van der Waals surface area contributed by atoms with Gasteiger partial charge in [0.2, 0.25) is 0 Å². The van der Waals surface area contributed by atoms with Crippen LogP contribution in [0.5, 0.6) is 0 Å². The maximum absolute atomic E-state index is 4.27. The first-order chi connectivity index (χ1) is 10.8. The van der Waals surface area contributed by atoms with Crippen LogP contribution < -0.4 is 10.6 Å². The summed E-state index contributed by atoms with van der Waals surface area (Å²) in [7, 11) is 1.83. The molecule has 0 amide bonds. The number of hydrogen-bond acceptors (Lipinski definition) is 1. The van der Waals surface area contributed by atoms with E-state index in [1.54, 1.807) is 0 Å². The van der Waals surface area contributed by atoms with Gasteiger partial charge in [-0.15, -0.1) is 0 Å². The predicted molar refractivity (Wildman–Crippen MR) is 95.5 cm³/mol. The maximum Gasteiger partial charge on any atom is 0.190 e. The first-order valence-corrected chi connectivity index (χ1v) is 8.34. The molecule has 3 N–H and O–H groups in total. The van der Waals surface area contributed by atoms with E-state index in [1.165, 1.54) is 42.1 Å². The van der Waals surface area contributed by atoms with Crippen molar-refractivity contribution in [2.75, 3.05) is 20.1 Å². The Morgan fingerprint density at radius 2 is 1.91 bits per heavy atom. The largest absolute Gasteiger partial charge is 0.361 e. The van der Waals surface area contributed by atoms with E-state index in [-0.39, 0.29) is 0 Å². The van der Waals surface area contributed by atoms with Crippen molar-refractivity contribution in [2.45, 2.75) is 39.0 Å². The van der Waals surface area contributed by atoms with Crippen LogP contribution in [0.2, 0.25) is 0 Å². The highest BCUT2D eigenvalue weighted by molar-refractivity contribution is 5.83. The molecule has 2 rings (SSSR count). The van der Waals surface area contributed by atoms with E-state index < -0.39 is 0 Å². The quantitative estimate of drug-likeness (QED) is 0.397. The van der Waals surface area contributed by atoms with Crippen LogP contribution in [0.15, 0.2) is 35.5 Å². The molecule has 4 nitrogen and oxygen atoms in total. The molecule has 0 radical (unpaired) electrons. The molecule has 0 saturated heterocycles. The number of nitrogens with one attached hydrogen (secondary N) is 3. The van der Waals surface area contributed by atoms with Gasteiger partial charge in [0.05, 0.1) is 0 Å². The van der Waals surface area contributed by atoms with Crippen molar-refractivity contribution in [3.63, 3.8) is 0 Å². The second-order valence-electron chi connectivity index (χ2n) is 5.60. The molecule has 0 bridgehead atoms. The Morgan fingerprint density at radius 1 is 1.09 bits per heavy atom. The molecule has 0 unspecified atom stereocenters. The van der Waals surface area contributed by atoms with Crippen LogP contribution in [0.4, 0.5) is 0 Å². The zero-order valence-electron chi connectivity index (χ0n) is 13.8. The Morgan fingerprint density at radius 3 is 2.73 bits per heavy atom. The first-order valence-electron chi connectivity index (χ1n) is 8.34. The number of para-hydroxylation sites is 1. The van der Waals surface area contributed by atoms with Gasteiger partial charge in [-0.1, -0.05) is 44.4 Å². The van der Waals surface area contributed by atoms with Crippen molar-refractivity contribution >= 4 is 16.9 Å². The monoisotopic (exact) mass is 300 g/mol. The van der Waals surface area contributed by atoms with Crippen molar-refractivity contribution in [1.82, 2.24) is 15.6 Å². The number of aromatic amines is 1. The number of aliphatic imine (C=N–C) groups is 1. The van der Waals surface area contributed by atoms with Gasteiger partial charge in [0.15, 0.2) is 5.96 Å². The molecule has 0 aliphatic rings. The lowest BCUT2D eigenvalue weighted by Crippen LogP contribution is -2.38. The van der Waals surface area contributed by atoms with Crippen molar-refractivity contribution in [3.05, 3.63) is 36.0 Å². The second kappa shape index (κ2) is 9.13. The van der Waals surface area contributed by atoms with E-state index in [4.69, 9.17) is 0 Å². The third-order valence-corrected chi connectivity index (χ3v) is 3.91. The molecule has 4 heteroatoms. The Bertz CT molecular complexity index is 586. The number of H-pyrrole nitrogens is 1. The summed E-state index contributed by atoms with van der Waals surface area (Å²) in [6, 6.07) is 8.43. The van der Waals surface area contributed by atoms with Crippen molar-refractivity contribution in [1.29, 1.82) is 0 Å². The fourth-order valence-electron chi connectivity index (χ4n) is 2.63. The molecule has 1 aromatic carbocycles. The summed E-state index contributed by atoms with van der Waals surface area (Å²) in [6.45, 7) is 4.11. The molecule has 0 saturated carbocycles. The number of nitrogens with zero attached hydrogens (tertiary/aromatic N) is 1. The molecule has 1 aromatic heterocycles. The molecule has 1 heterocycles. The average molecular weight is 300 g/mol. The van der Waals surface area contributed by atoms with E-state index in [2.05, 4.69) is 58.0 Å². The topological polar surface area (TPSA) is 52.2 Å². The van der Waals surface area contributed by atoms with Crippen LogP contribution in [-0.2, 0) is 6.42 Å². The molecule has 120 valence electrons. The van der Waals surface area contributed by atoms with Crippen molar-refractivity contribution in [3.8, 4) is 0 Å². The van der Waals surface area contributed by atoms with E-state index in [0.717, 1.165) is 25.5 Å². The van der Waals surface area contributed by atoms with Gasteiger partial charge in [-0.05, 0) is 24.5 Å². The number of fused-ring (bicyclic) bond motifs is 1. The van der Waals surface area contributed by atoms with Crippen LogP contribution in [-0.4, -0.2) is 31.1 Å². The van der Waals surface area contributed by atoms with Crippen LogP contribution in [0, 0.1) is 0 Å². The Balaban J connectivity index is 1.72. The van der Waals surface area contributed by atoms with E-state index in [0.29, 0.717) is 0 Å². The molecule has 0 aliphatic carbocycles. The van der Waals surface area contributed by atoms with E-state index >= 15 is 0 Å². The van der Waals surface area contributed by atoms with Crippen molar-refractivity contribution in [2.24, 2.45) is 4.99 Å². The lowest BCUT2D eigenvalue weighted by molar-refractivity contribution is 0.647. The highest BCUT2D eigenvalue weighted by Crippen LogP contribution is 2.17. The maximum atomic E-state index is 4.27. The number of benzene rings is 1. The van der Waals surface area contributed by atoms with Crippen molar-refractivity contribution < 1.29 is 0 Å². The van der Waals surface area contributed by atoms with Gasteiger partial charge in [0.25, 0.3) is 0 Å². The Labute approximate surface area is 133 Å². The molecule has 0 fully saturated rings. The number of rotatable bonds is 8. The summed E-state index contributed by atoms with van der Waals surface area (Å²) < 4.78 is 0. The molecular formula is C18H28N4. The number of guanidine groups is 1. The van der Waals surface area contributed by atoms with Gasteiger partial charge < -0.3 is 15.6 Å². The number of hydrogen-bond donors (Lipinski definition) is 3. The first kappa shape index (κ1) is 16.4. The SMILES string of the molecule is CCCCCCNC(=NC)NCCc1c[nH]c2ccccc12. The molecular weight excluding hydrogens is 272 g/mol. The van der Waals surface area contributed by atoms with E-state index in [1.807, 2.05) is 7.05 Å². The van der Waals surface area contributed by atoms with Gasteiger partial charge in [-0.2, -0.15) is 0 Å². The summed E-state index contributed by atoms with van der Waals surface area (Å²) in [4.78, 5) is 7.59. The van der Waals surface area contributed by atoms with Gasteiger partial charge in [-0.3, -0.25) is 4.99 Å². The standard InChI is InChI=1S/C18H28N4/c1-3-4-5-8-12-20-18(19-2)21-13-11-15-14-22-17-10-7-6-9-16(15)17/h6-7,9-10,14,22H,3-5,8,11-13H2,1-2H3,(H2,19,20,21). The third-order valence-electron chi connectivity index (χ3n) is 3.91. The number of unbranched alkanes of at least 4 members (excludes halogenated alkanes) is 3. The Kier molecular flexibility index (Phi) is 6.81. The predicted octanol–water partition coefficient (Wildman–Crippen LogP) is 3.46. The molecule has 22 heavy (non-hydrogen) atoms. The van der Waals surface area contributed by atoms with Gasteiger partial charge in [0, 0.05) is 37.2 Å². The second-order valence-corrected chi connectivity index (χ2v) is 5.60. The van der Waals surface area contributed by atoms with Crippen LogP contribution in [0.3, 0.4) is 0 Å². The summed E-state index contributed by atoms with van der Waals surface area (Å²) >= 11 is 0. The minimum absolute atomic E-state index is 0.885. The Hall–Kier alpha value is -1.97. The lowest BCUT2D eigenvalue weighted by Gasteiger charge is -2.11. The highest BCUT2D eigenvalue weighted by Gasteiger charge is 2.03. The summed E-state index contributed by atoms with van der Waals surface area (Å²) in [6.07, 6.45) is 8.17. The van der Waals surface area contributed by atoms with Gasteiger partial charge in [-0.25, -0.2) is 0 Å². The van der Waals surface area contributed by atoms with Crippen LogP contribution in [0.1, 0.15) is 38.2 Å². The lowest BCUT2D eigenvalue weighted by atomic mass is 10.1. The molecule has 0 aliphatic heterocycles. The zero-order chi connectivity index (χ0) is 15.6. The third kappa shape index (κ3) is 4.79. The molecule has 2 aromatic rings. The highest BCUT2D eigenvalue weighted by atomic mass is 15.2. The van der Waals surface area contributed by atoms with Gasteiger partial charge >= 0.3 is 0 Å². The van der Waals surface area contributed by atoms with Crippen LogP contribution >= 0.6 is 0 Å². The smallest absolute Gasteiger partial charge is 0.190 e. The summed E-state index contributed by atoms with van der Waals surface area (Å²) in [5.74, 6) is 0.899. The average Bonchev–Trinajstić information content (AvgIpc) is 2.96. The fourth-order valence-corrected chi connectivity index (χ4v) is 2.63. The molecule has 0 spiro atoms. The molecule has 0 atom stereocenters. The minimum Gasteiger partial charge on any atom is -0.361 e. The fraction of sp³-hybridized carbons (Fsp3) is 0.500. The zero-order valence-corrected chi connectivity index (χ0v) is 13.8. The van der Waals surface area contributed by atoms with Gasteiger partial charge in [0.1, 0.15) is 0 Å². The van der Waals surface area contributed by atoms with Crippen LogP contribution in [0.25, 0.3) is 10.9 Å². The summed E-state index contributed by atoms with van der Waals surface area (Å²) in [5, 5.41) is 8.08. The normalized spacial score (nSPS) is 11.8. The van der Waals surface area contributed by atoms with E-state index in [9.17, 15) is 0 Å². The minimum atomic E-state index is 0.885.